The second-order valence-electron chi connectivity index (χ2n) is 6.34. The maximum Gasteiger partial charge on any atom is 0.0536 e. The van der Waals surface area contributed by atoms with Gasteiger partial charge in [-0.05, 0) is 33.3 Å². The molecule has 136 valence electrons. The smallest absolute Gasteiger partial charge is 0.0536 e. The summed E-state index contributed by atoms with van der Waals surface area (Å²) in [4.78, 5) is 7.23. The molecule has 0 heterocycles. The molecule has 0 N–H and O–H groups in total. The Balaban J connectivity index is 2.71. The third-order valence-electron chi connectivity index (χ3n) is 4.07. The van der Waals surface area contributed by atoms with Gasteiger partial charge in [0.1, 0.15) is 0 Å². The number of hydrazone groups is 1. The normalized spacial score (nSPS) is 12.6. The molecule has 0 aliphatic rings. The van der Waals surface area contributed by atoms with Gasteiger partial charge in [-0.15, -0.1) is 0 Å². The molecule has 4 nitrogen and oxygen atoms in total. The van der Waals surface area contributed by atoms with Crippen LogP contribution in [0.25, 0.3) is 0 Å². The lowest BCUT2D eigenvalue weighted by Crippen LogP contribution is -2.37. The molecule has 0 saturated carbocycles. The molecule has 0 aliphatic heterocycles. The van der Waals surface area contributed by atoms with Gasteiger partial charge in [0.15, 0.2) is 0 Å². The van der Waals surface area contributed by atoms with Crippen molar-refractivity contribution in [1.82, 2.24) is 9.91 Å². The van der Waals surface area contributed by atoms with Crippen LogP contribution in [0.1, 0.15) is 33.3 Å². The van der Waals surface area contributed by atoms with Gasteiger partial charge >= 0.3 is 0 Å². The Morgan fingerprint density at radius 2 is 1.88 bits per heavy atom. The van der Waals surface area contributed by atoms with Gasteiger partial charge in [-0.25, -0.2) is 0 Å². The van der Waals surface area contributed by atoms with Crippen molar-refractivity contribution in [3.8, 4) is 0 Å². The number of hydrogen-bond acceptors (Lipinski definition) is 4. The molecule has 1 rings (SSSR count). The van der Waals surface area contributed by atoms with Crippen LogP contribution in [-0.4, -0.2) is 48.0 Å². The summed E-state index contributed by atoms with van der Waals surface area (Å²) in [6.45, 7) is 18.3. The molecule has 0 bridgehead atoms. The van der Waals surface area contributed by atoms with Crippen molar-refractivity contribution in [1.29, 1.82) is 0 Å². The van der Waals surface area contributed by atoms with Crippen molar-refractivity contribution >= 4 is 12.4 Å². The van der Waals surface area contributed by atoms with Gasteiger partial charge in [0.05, 0.1) is 12.2 Å². The second-order valence-corrected chi connectivity index (χ2v) is 6.34. The summed E-state index contributed by atoms with van der Waals surface area (Å²) in [5, 5.41) is 5.69. The molecule has 0 fully saturated rings. The number of hydrogen-bond donors (Lipinski definition) is 0. The van der Waals surface area contributed by atoms with Crippen molar-refractivity contribution in [3.63, 3.8) is 0 Å². The molecular formula is C21H32N4. The minimum Gasteiger partial charge on any atom is -0.293 e. The number of nitrogens with zero attached hydrogens (tertiary/aromatic N) is 4. The van der Waals surface area contributed by atoms with E-state index >= 15 is 0 Å². The molecule has 1 aromatic carbocycles. The fraction of sp³-hybridized carbons (Fsp3) is 0.429. The average molecular weight is 341 g/mol. The lowest BCUT2D eigenvalue weighted by molar-refractivity contribution is 0.213. The third kappa shape index (κ3) is 7.94. The first-order chi connectivity index (χ1) is 12.0. The Morgan fingerprint density at radius 3 is 2.40 bits per heavy atom. The van der Waals surface area contributed by atoms with E-state index in [-0.39, 0.29) is 0 Å². The van der Waals surface area contributed by atoms with Crippen molar-refractivity contribution in [2.75, 3.05) is 19.6 Å². The Labute approximate surface area is 153 Å². The highest BCUT2D eigenvalue weighted by Gasteiger charge is 2.12. The molecule has 25 heavy (non-hydrogen) atoms. The van der Waals surface area contributed by atoms with Gasteiger partial charge in [0.25, 0.3) is 0 Å². The average Bonchev–Trinajstić information content (AvgIpc) is 2.61. The van der Waals surface area contributed by atoms with Gasteiger partial charge in [-0.2, -0.15) is 5.10 Å². The molecular weight excluding hydrogens is 308 g/mol. The van der Waals surface area contributed by atoms with Crippen molar-refractivity contribution < 1.29 is 0 Å². The predicted molar refractivity (Wildman–Crippen MR) is 110 cm³/mol. The van der Waals surface area contributed by atoms with Gasteiger partial charge in [0.2, 0.25) is 0 Å². The fourth-order valence-corrected chi connectivity index (χ4v) is 2.55. The number of rotatable bonds is 11. The van der Waals surface area contributed by atoms with Crippen LogP contribution in [0.15, 0.2) is 65.0 Å². The largest absolute Gasteiger partial charge is 0.293 e. The maximum absolute atomic E-state index is 4.85. The molecule has 1 aromatic rings. The quantitative estimate of drug-likeness (QED) is 0.442. The summed E-state index contributed by atoms with van der Waals surface area (Å²) in [6.07, 6.45) is 4.68. The number of benzene rings is 1. The second kappa shape index (κ2) is 11.4. The number of allylic oxidation sites excluding steroid dienone is 1. The third-order valence-corrected chi connectivity index (χ3v) is 4.07. The van der Waals surface area contributed by atoms with Gasteiger partial charge in [-0.3, -0.25) is 14.9 Å². The molecule has 0 unspecified atom stereocenters. The molecule has 0 aromatic heterocycles. The summed E-state index contributed by atoms with van der Waals surface area (Å²) in [5.41, 5.74) is 3.51. The fourth-order valence-electron chi connectivity index (χ4n) is 2.55. The van der Waals surface area contributed by atoms with Gasteiger partial charge < -0.3 is 0 Å². The molecule has 0 atom stereocenters. The zero-order valence-corrected chi connectivity index (χ0v) is 16.2. The maximum atomic E-state index is 4.85. The van der Waals surface area contributed by atoms with E-state index in [1.165, 1.54) is 5.56 Å². The molecule has 0 spiro atoms. The standard InChI is InChI=1S/C21H32N4/c1-7-21(23-19(5)16-20-12-10-9-11-13-20)17-24(18(3)4)14-15-25(8-2)22-6/h7-13,18H,2,6,14-17H2,1,3-5H3/b21-7-,23-19?. The first-order valence-electron chi connectivity index (χ1n) is 8.83. The molecule has 4 heteroatoms. The molecule has 0 aliphatic carbocycles. The Kier molecular flexibility index (Phi) is 9.48. The number of aliphatic imine (C=N–C) groups is 1. The summed E-state index contributed by atoms with van der Waals surface area (Å²) in [6, 6.07) is 10.9. The van der Waals surface area contributed by atoms with Gasteiger partial charge in [0, 0.05) is 44.2 Å². The zero-order chi connectivity index (χ0) is 18.7. The van der Waals surface area contributed by atoms with Crippen molar-refractivity contribution in [3.05, 3.63) is 60.4 Å². The van der Waals surface area contributed by atoms with Crippen LogP contribution >= 0.6 is 0 Å². The van der Waals surface area contributed by atoms with Crippen LogP contribution in [-0.2, 0) is 6.42 Å². The highest BCUT2D eigenvalue weighted by molar-refractivity contribution is 5.85. The topological polar surface area (TPSA) is 31.2 Å². The molecule has 0 radical (unpaired) electrons. The van der Waals surface area contributed by atoms with Crippen LogP contribution in [0.5, 0.6) is 0 Å². The first kappa shape index (κ1) is 20.8. The lowest BCUT2D eigenvalue weighted by Gasteiger charge is -2.28. The predicted octanol–water partition coefficient (Wildman–Crippen LogP) is 4.37. The minimum atomic E-state index is 0.427. The van der Waals surface area contributed by atoms with E-state index in [1.807, 2.05) is 6.07 Å². The van der Waals surface area contributed by atoms with E-state index < -0.39 is 0 Å². The van der Waals surface area contributed by atoms with E-state index in [0.29, 0.717) is 6.04 Å². The van der Waals surface area contributed by atoms with E-state index in [9.17, 15) is 0 Å². The van der Waals surface area contributed by atoms with E-state index in [0.717, 1.165) is 37.5 Å². The summed E-state index contributed by atoms with van der Waals surface area (Å²) in [5.74, 6) is 0. The lowest BCUT2D eigenvalue weighted by atomic mass is 10.1. The highest BCUT2D eigenvalue weighted by atomic mass is 15.4. The summed E-state index contributed by atoms with van der Waals surface area (Å²) < 4.78 is 0. The monoisotopic (exact) mass is 340 g/mol. The van der Waals surface area contributed by atoms with Gasteiger partial charge in [-0.1, -0.05) is 43.0 Å². The van der Waals surface area contributed by atoms with Crippen LogP contribution in [0.2, 0.25) is 0 Å². The Bertz CT molecular complexity index is 579. The van der Waals surface area contributed by atoms with E-state index in [2.05, 4.69) is 81.3 Å². The van der Waals surface area contributed by atoms with Crippen LogP contribution in [0.4, 0.5) is 0 Å². The zero-order valence-electron chi connectivity index (χ0n) is 16.2. The Hall–Kier alpha value is -2.20. The van der Waals surface area contributed by atoms with Crippen LogP contribution in [0.3, 0.4) is 0 Å². The summed E-state index contributed by atoms with van der Waals surface area (Å²) in [7, 11) is 0. The minimum absolute atomic E-state index is 0.427. The first-order valence-corrected chi connectivity index (χ1v) is 8.83. The van der Waals surface area contributed by atoms with Crippen LogP contribution in [0, 0.1) is 0 Å². The van der Waals surface area contributed by atoms with Crippen molar-refractivity contribution in [2.45, 2.75) is 40.2 Å². The van der Waals surface area contributed by atoms with Crippen molar-refractivity contribution in [2.24, 2.45) is 10.1 Å². The molecule has 0 saturated heterocycles. The van der Waals surface area contributed by atoms with E-state index in [1.54, 1.807) is 11.2 Å². The van der Waals surface area contributed by atoms with E-state index in [4.69, 9.17) is 4.99 Å². The SMILES string of the molecule is C=CN(CCN(C/C(=C/C)N=C(C)Cc1ccccc1)C(C)C)N=C. The Morgan fingerprint density at radius 1 is 1.20 bits per heavy atom. The molecule has 0 amide bonds. The highest BCUT2D eigenvalue weighted by Crippen LogP contribution is 2.09. The summed E-state index contributed by atoms with van der Waals surface area (Å²) >= 11 is 0. The van der Waals surface area contributed by atoms with Crippen LogP contribution < -0.4 is 0 Å².